The van der Waals surface area contributed by atoms with E-state index in [1.807, 2.05) is 26.0 Å². The summed E-state index contributed by atoms with van der Waals surface area (Å²) in [7, 11) is -3.90. The normalized spacial score (nSPS) is 11.0. The molecule has 3 aromatic rings. The molecule has 0 fully saturated rings. The molecule has 0 radical (unpaired) electrons. The minimum atomic E-state index is -3.90. The van der Waals surface area contributed by atoms with Crippen molar-refractivity contribution in [1.29, 1.82) is 0 Å². The molecule has 0 aliphatic rings. The summed E-state index contributed by atoms with van der Waals surface area (Å²) in [6.45, 7) is 6.86. The zero-order valence-corrected chi connectivity index (χ0v) is 19.1. The maximum absolute atomic E-state index is 13.0. The summed E-state index contributed by atoms with van der Waals surface area (Å²) in [5.74, 6) is -0.634. The Morgan fingerprint density at radius 2 is 1.38 bits per heavy atom. The van der Waals surface area contributed by atoms with Crippen molar-refractivity contribution in [3.63, 3.8) is 0 Å². The first-order valence-electron chi connectivity index (χ1n) is 9.95. The Morgan fingerprint density at radius 3 is 1.97 bits per heavy atom. The lowest BCUT2D eigenvalue weighted by Crippen LogP contribution is -2.17. The predicted molar refractivity (Wildman–Crippen MR) is 127 cm³/mol. The van der Waals surface area contributed by atoms with Crippen LogP contribution in [-0.4, -0.2) is 20.2 Å². The number of sulfonamides is 1. The van der Waals surface area contributed by atoms with Crippen molar-refractivity contribution in [2.75, 3.05) is 15.4 Å². The fraction of sp³-hybridized carbons (Fsp3) is 0.167. The quantitative estimate of drug-likeness (QED) is 0.508. The van der Waals surface area contributed by atoms with E-state index >= 15 is 0 Å². The van der Waals surface area contributed by atoms with Crippen molar-refractivity contribution in [1.82, 2.24) is 0 Å². The van der Waals surface area contributed by atoms with Crippen molar-refractivity contribution in [2.45, 2.75) is 32.6 Å². The van der Waals surface area contributed by atoms with Gasteiger partial charge in [0.1, 0.15) is 0 Å². The molecule has 3 rings (SSSR count). The van der Waals surface area contributed by atoms with E-state index in [-0.39, 0.29) is 16.4 Å². The topological polar surface area (TPSA) is 104 Å². The molecular formula is C24H25N3O4S. The minimum Gasteiger partial charge on any atom is -0.326 e. The van der Waals surface area contributed by atoms with Gasteiger partial charge >= 0.3 is 0 Å². The van der Waals surface area contributed by atoms with Gasteiger partial charge in [0.2, 0.25) is 5.91 Å². The molecule has 0 aliphatic carbocycles. The van der Waals surface area contributed by atoms with Gasteiger partial charge in [0.05, 0.1) is 10.6 Å². The Labute approximate surface area is 187 Å². The van der Waals surface area contributed by atoms with Crippen LogP contribution >= 0.6 is 0 Å². The summed E-state index contributed by atoms with van der Waals surface area (Å²) in [6.07, 6.45) is 0. The smallest absolute Gasteiger partial charge is 0.262 e. The number of carbonyl (C=O) groups excluding carboxylic acids is 2. The third kappa shape index (κ3) is 5.53. The van der Waals surface area contributed by atoms with Crippen LogP contribution in [0.1, 0.15) is 34.0 Å². The van der Waals surface area contributed by atoms with E-state index in [1.54, 1.807) is 49.4 Å². The van der Waals surface area contributed by atoms with Gasteiger partial charge < -0.3 is 10.6 Å². The largest absolute Gasteiger partial charge is 0.326 e. The number of carbonyl (C=O) groups is 2. The van der Waals surface area contributed by atoms with E-state index in [0.29, 0.717) is 22.6 Å². The van der Waals surface area contributed by atoms with Crippen molar-refractivity contribution in [2.24, 2.45) is 0 Å². The summed E-state index contributed by atoms with van der Waals surface area (Å²) in [5, 5.41) is 5.38. The Morgan fingerprint density at radius 1 is 0.750 bits per heavy atom. The highest BCUT2D eigenvalue weighted by molar-refractivity contribution is 7.92. The van der Waals surface area contributed by atoms with E-state index in [0.717, 1.165) is 11.1 Å². The predicted octanol–water partition coefficient (Wildman–Crippen LogP) is 4.62. The van der Waals surface area contributed by atoms with Gasteiger partial charge in [-0.2, -0.15) is 0 Å². The van der Waals surface area contributed by atoms with Crippen molar-refractivity contribution >= 4 is 38.9 Å². The Kier molecular flexibility index (Phi) is 6.64. The third-order valence-electron chi connectivity index (χ3n) is 4.83. The van der Waals surface area contributed by atoms with Gasteiger partial charge in [0.25, 0.3) is 15.9 Å². The molecule has 166 valence electrons. The zero-order valence-electron chi connectivity index (χ0n) is 18.3. The number of aryl methyl sites for hydroxylation is 3. The van der Waals surface area contributed by atoms with Crippen LogP contribution in [0.3, 0.4) is 0 Å². The highest BCUT2D eigenvalue weighted by Gasteiger charge is 2.20. The second-order valence-corrected chi connectivity index (χ2v) is 9.27. The van der Waals surface area contributed by atoms with Gasteiger partial charge in [-0.25, -0.2) is 8.42 Å². The van der Waals surface area contributed by atoms with Crippen molar-refractivity contribution in [3.05, 3.63) is 82.9 Å². The lowest BCUT2D eigenvalue weighted by atomic mass is 10.1. The lowest BCUT2D eigenvalue weighted by Gasteiger charge is -2.14. The Bertz CT molecular complexity index is 1280. The van der Waals surface area contributed by atoms with Gasteiger partial charge in [-0.3, -0.25) is 14.3 Å². The van der Waals surface area contributed by atoms with E-state index in [1.165, 1.54) is 13.0 Å². The van der Waals surface area contributed by atoms with E-state index in [2.05, 4.69) is 15.4 Å². The number of anilines is 3. The first kappa shape index (κ1) is 23.0. The van der Waals surface area contributed by atoms with Crippen molar-refractivity contribution in [3.8, 4) is 0 Å². The van der Waals surface area contributed by atoms with Crippen LogP contribution in [0.15, 0.2) is 65.6 Å². The van der Waals surface area contributed by atoms with Crippen LogP contribution in [0.25, 0.3) is 0 Å². The monoisotopic (exact) mass is 451 g/mol. The number of nitrogens with one attached hydrogen (secondary N) is 3. The fourth-order valence-corrected chi connectivity index (χ4v) is 4.60. The number of amides is 2. The van der Waals surface area contributed by atoms with Crippen LogP contribution in [-0.2, 0) is 14.8 Å². The zero-order chi connectivity index (χ0) is 23.5. The molecule has 0 spiro atoms. The fourth-order valence-electron chi connectivity index (χ4n) is 3.20. The summed E-state index contributed by atoms with van der Waals surface area (Å²) >= 11 is 0. The number of benzene rings is 3. The number of hydrogen-bond donors (Lipinski definition) is 3. The maximum atomic E-state index is 13.0. The van der Waals surface area contributed by atoms with Crippen molar-refractivity contribution < 1.29 is 18.0 Å². The summed E-state index contributed by atoms with van der Waals surface area (Å²) in [5.41, 5.74) is 4.19. The van der Waals surface area contributed by atoms with E-state index < -0.39 is 15.9 Å². The average Bonchev–Trinajstić information content (AvgIpc) is 2.71. The number of rotatable bonds is 6. The van der Waals surface area contributed by atoms with Crippen LogP contribution in [0.5, 0.6) is 0 Å². The van der Waals surface area contributed by atoms with Gasteiger partial charge in [-0.15, -0.1) is 0 Å². The Hall–Kier alpha value is -3.65. The highest BCUT2D eigenvalue weighted by atomic mass is 32.2. The molecule has 0 bridgehead atoms. The van der Waals surface area contributed by atoms with E-state index in [9.17, 15) is 18.0 Å². The van der Waals surface area contributed by atoms with Crippen LogP contribution < -0.4 is 15.4 Å². The summed E-state index contributed by atoms with van der Waals surface area (Å²) in [6, 6.07) is 16.6. The number of hydrogen-bond acceptors (Lipinski definition) is 4. The lowest BCUT2D eigenvalue weighted by molar-refractivity contribution is -0.114. The molecule has 0 saturated carbocycles. The van der Waals surface area contributed by atoms with Crippen LogP contribution in [0, 0.1) is 20.8 Å². The average molecular weight is 452 g/mol. The molecule has 0 atom stereocenters. The van der Waals surface area contributed by atoms with Gasteiger partial charge in [0, 0.05) is 23.9 Å². The molecular weight excluding hydrogens is 426 g/mol. The van der Waals surface area contributed by atoms with Crippen LogP contribution in [0.2, 0.25) is 0 Å². The molecule has 7 nitrogen and oxygen atoms in total. The minimum absolute atomic E-state index is 0.0335. The molecule has 0 aliphatic heterocycles. The van der Waals surface area contributed by atoms with Crippen LogP contribution in [0.4, 0.5) is 17.1 Å². The first-order valence-corrected chi connectivity index (χ1v) is 11.4. The molecule has 0 unspecified atom stereocenters. The summed E-state index contributed by atoms with van der Waals surface area (Å²) in [4.78, 5) is 23.9. The Balaban J connectivity index is 1.82. The van der Waals surface area contributed by atoms with Gasteiger partial charge in [0.15, 0.2) is 0 Å². The molecule has 3 aromatic carbocycles. The maximum Gasteiger partial charge on any atom is 0.262 e. The first-order chi connectivity index (χ1) is 15.0. The van der Waals surface area contributed by atoms with Gasteiger partial charge in [-0.1, -0.05) is 23.8 Å². The summed E-state index contributed by atoms with van der Waals surface area (Å²) < 4.78 is 28.7. The molecule has 0 aromatic heterocycles. The third-order valence-corrected chi connectivity index (χ3v) is 6.34. The SMILES string of the molecule is CC(=O)Nc1ccc(NC(=O)c2ccc(C)c(S(=O)(=O)Nc3ccc(C)cc3C)c2)cc1. The molecule has 8 heteroatoms. The van der Waals surface area contributed by atoms with Gasteiger partial charge in [-0.05, 0) is 74.4 Å². The molecule has 0 saturated heterocycles. The second kappa shape index (κ2) is 9.23. The highest BCUT2D eigenvalue weighted by Crippen LogP contribution is 2.24. The molecule has 2 amide bonds. The molecule has 3 N–H and O–H groups in total. The van der Waals surface area contributed by atoms with E-state index in [4.69, 9.17) is 0 Å². The molecule has 0 heterocycles. The standard InChI is InChI=1S/C24H25N3O4S/c1-15-5-12-22(17(3)13-15)27-32(30,31)23-14-19(7-6-16(23)2)24(29)26-21-10-8-20(9-11-21)25-18(4)28/h5-14,27H,1-4H3,(H,25,28)(H,26,29). The second-order valence-electron chi connectivity index (χ2n) is 7.62. The molecule has 32 heavy (non-hydrogen) atoms.